The van der Waals surface area contributed by atoms with Crippen LogP contribution in [0.15, 0.2) is 59.5 Å². The number of aromatic amines is 1. The number of rotatable bonds is 3. The number of fused-ring (bicyclic) bond motifs is 2. The first-order chi connectivity index (χ1) is 14.6. The molecule has 6 nitrogen and oxygen atoms in total. The van der Waals surface area contributed by atoms with Crippen molar-refractivity contribution in [2.24, 2.45) is 0 Å². The minimum atomic E-state index is -0.284. The number of amides is 1. The maximum atomic E-state index is 13.4. The number of hydrogen-bond acceptors (Lipinski definition) is 3. The van der Waals surface area contributed by atoms with Gasteiger partial charge in [0, 0.05) is 36.7 Å². The number of imidazole rings is 1. The third kappa shape index (κ3) is 3.36. The number of piperidine rings is 1. The summed E-state index contributed by atoms with van der Waals surface area (Å²) in [6.45, 7) is 1.50. The molecule has 1 aliphatic heterocycles. The van der Waals surface area contributed by atoms with Crippen LogP contribution < -0.4 is 5.43 Å². The number of nitrogens with zero attached hydrogens (tertiary/aromatic N) is 3. The molecule has 0 unspecified atom stereocenters. The molecule has 1 saturated heterocycles. The van der Waals surface area contributed by atoms with Gasteiger partial charge >= 0.3 is 0 Å². The van der Waals surface area contributed by atoms with E-state index in [4.69, 9.17) is 0 Å². The van der Waals surface area contributed by atoms with Crippen LogP contribution in [0.1, 0.15) is 24.6 Å². The molecule has 0 spiro atoms. The van der Waals surface area contributed by atoms with Gasteiger partial charge < -0.3 is 14.5 Å². The topological polar surface area (TPSA) is 71.0 Å². The van der Waals surface area contributed by atoms with E-state index in [1.807, 2.05) is 27.7 Å². The fourth-order valence-electron chi connectivity index (χ4n) is 4.24. The van der Waals surface area contributed by atoms with Crippen molar-refractivity contribution in [3.8, 4) is 0 Å². The SMILES string of the molecule is O=C(Cn1ccc(=O)c2ccccc21)N1CCC(c2nc3ccc(F)cc3[nH]2)CC1. The van der Waals surface area contributed by atoms with Gasteiger partial charge in [-0.3, -0.25) is 9.59 Å². The zero-order valence-corrected chi connectivity index (χ0v) is 16.3. The van der Waals surface area contributed by atoms with E-state index in [0.717, 1.165) is 29.7 Å². The molecule has 0 atom stereocenters. The number of pyridine rings is 1. The van der Waals surface area contributed by atoms with Gasteiger partial charge in [0.1, 0.15) is 18.2 Å². The number of aromatic nitrogens is 3. The van der Waals surface area contributed by atoms with E-state index in [1.165, 1.54) is 18.2 Å². The summed E-state index contributed by atoms with van der Waals surface area (Å²) in [4.78, 5) is 34.6. The van der Waals surface area contributed by atoms with Gasteiger partial charge in [-0.25, -0.2) is 9.37 Å². The van der Waals surface area contributed by atoms with Crippen LogP contribution in [0.5, 0.6) is 0 Å². The summed E-state index contributed by atoms with van der Waals surface area (Å²) >= 11 is 0. The molecule has 1 fully saturated rings. The average molecular weight is 404 g/mol. The van der Waals surface area contributed by atoms with Crippen molar-refractivity contribution in [3.63, 3.8) is 0 Å². The summed E-state index contributed by atoms with van der Waals surface area (Å²) in [5, 5.41) is 0.618. The number of carbonyl (C=O) groups is 1. The number of hydrogen-bond donors (Lipinski definition) is 1. The minimum Gasteiger partial charge on any atom is -0.342 e. The molecular weight excluding hydrogens is 383 g/mol. The van der Waals surface area contributed by atoms with E-state index in [0.29, 0.717) is 24.0 Å². The largest absolute Gasteiger partial charge is 0.342 e. The molecule has 30 heavy (non-hydrogen) atoms. The fraction of sp³-hybridized carbons (Fsp3) is 0.261. The lowest BCUT2D eigenvalue weighted by atomic mass is 9.96. The van der Waals surface area contributed by atoms with Crippen molar-refractivity contribution in [3.05, 3.63) is 76.6 Å². The number of para-hydroxylation sites is 1. The second-order valence-electron chi connectivity index (χ2n) is 7.76. The quantitative estimate of drug-likeness (QED) is 0.569. The van der Waals surface area contributed by atoms with Crippen LogP contribution in [0.2, 0.25) is 0 Å². The monoisotopic (exact) mass is 404 g/mol. The van der Waals surface area contributed by atoms with Gasteiger partial charge in [0.05, 0.1) is 16.6 Å². The van der Waals surface area contributed by atoms with Crippen molar-refractivity contribution in [1.29, 1.82) is 0 Å². The summed E-state index contributed by atoms with van der Waals surface area (Å²) in [6, 6.07) is 13.4. The van der Waals surface area contributed by atoms with Crippen LogP contribution in [0, 0.1) is 5.82 Å². The third-order valence-electron chi connectivity index (χ3n) is 5.89. The lowest BCUT2D eigenvalue weighted by Crippen LogP contribution is -2.40. The van der Waals surface area contributed by atoms with Crippen molar-refractivity contribution in [1.82, 2.24) is 19.4 Å². The Morgan fingerprint density at radius 3 is 2.77 bits per heavy atom. The summed E-state index contributed by atoms with van der Waals surface area (Å²) in [5.74, 6) is 0.828. The molecule has 4 aromatic rings. The van der Waals surface area contributed by atoms with E-state index in [9.17, 15) is 14.0 Å². The Labute approximate surface area is 172 Å². The van der Waals surface area contributed by atoms with Crippen LogP contribution in [0.3, 0.4) is 0 Å². The van der Waals surface area contributed by atoms with Gasteiger partial charge in [-0.1, -0.05) is 12.1 Å². The van der Waals surface area contributed by atoms with Gasteiger partial charge in [-0.05, 0) is 43.2 Å². The molecule has 2 aromatic carbocycles. The second-order valence-corrected chi connectivity index (χ2v) is 7.76. The predicted molar refractivity (Wildman–Crippen MR) is 113 cm³/mol. The fourth-order valence-corrected chi connectivity index (χ4v) is 4.24. The summed E-state index contributed by atoms with van der Waals surface area (Å²) in [6.07, 6.45) is 3.29. The normalized spacial score (nSPS) is 15.2. The highest BCUT2D eigenvalue weighted by atomic mass is 19.1. The maximum absolute atomic E-state index is 13.4. The van der Waals surface area contributed by atoms with Crippen LogP contribution >= 0.6 is 0 Å². The Morgan fingerprint density at radius 2 is 1.93 bits per heavy atom. The Bertz CT molecular complexity index is 1300. The van der Waals surface area contributed by atoms with E-state index in [1.54, 1.807) is 18.3 Å². The van der Waals surface area contributed by atoms with Gasteiger partial charge in [0.15, 0.2) is 5.43 Å². The molecule has 0 aliphatic carbocycles. The summed E-state index contributed by atoms with van der Waals surface area (Å²) < 4.78 is 15.2. The number of benzene rings is 2. The standard InChI is InChI=1S/C23H21FN4O2/c24-16-5-6-18-19(13-16)26-23(25-18)15-7-10-27(11-8-15)22(30)14-28-12-9-21(29)17-3-1-2-4-20(17)28/h1-6,9,12-13,15H,7-8,10-11,14H2,(H,25,26). The summed E-state index contributed by atoms with van der Waals surface area (Å²) in [7, 11) is 0. The molecule has 3 heterocycles. The van der Waals surface area contributed by atoms with E-state index in [2.05, 4.69) is 9.97 Å². The zero-order chi connectivity index (χ0) is 20.7. The number of likely N-dealkylation sites (tertiary alicyclic amines) is 1. The molecule has 0 radical (unpaired) electrons. The highest BCUT2D eigenvalue weighted by Crippen LogP contribution is 2.28. The Hall–Kier alpha value is -3.48. The van der Waals surface area contributed by atoms with Crippen molar-refractivity contribution in [2.45, 2.75) is 25.3 Å². The minimum absolute atomic E-state index is 0.0360. The van der Waals surface area contributed by atoms with E-state index < -0.39 is 0 Å². The first-order valence-corrected chi connectivity index (χ1v) is 10.1. The molecular formula is C23H21FN4O2. The second kappa shape index (κ2) is 7.40. The zero-order valence-electron chi connectivity index (χ0n) is 16.3. The molecule has 1 aliphatic rings. The molecule has 0 saturated carbocycles. The first kappa shape index (κ1) is 18.5. The van der Waals surface area contributed by atoms with Crippen molar-refractivity contribution in [2.75, 3.05) is 13.1 Å². The first-order valence-electron chi connectivity index (χ1n) is 10.1. The van der Waals surface area contributed by atoms with Crippen LogP contribution in [-0.4, -0.2) is 38.4 Å². The summed E-state index contributed by atoms with van der Waals surface area (Å²) in [5.41, 5.74) is 2.19. The number of halogens is 1. The van der Waals surface area contributed by atoms with Crippen LogP contribution in [0.4, 0.5) is 4.39 Å². The molecule has 2 aromatic heterocycles. The van der Waals surface area contributed by atoms with E-state index in [-0.39, 0.29) is 29.6 Å². The van der Waals surface area contributed by atoms with Crippen molar-refractivity contribution >= 4 is 27.8 Å². The van der Waals surface area contributed by atoms with E-state index >= 15 is 0 Å². The smallest absolute Gasteiger partial charge is 0.242 e. The van der Waals surface area contributed by atoms with Gasteiger partial charge in [-0.15, -0.1) is 0 Å². The Kier molecular flexibility index (Phi) is 4.58. The van der Waals surface area contributed by atoms with Gasteiger partial charge in [0.2, 0.25) is 5.91 Å². The maximum Gasteiger partial charge on any atom is 0.242 e. The Balaban J connectivity index is 1.28. The van der Waals surface area contributed by atoms with Gasteiger partial charge in [-0.2, -0.15) is 0 Å². The number of H-pyrrole nitrogens is 1. The highest BCUT2D eigenvalue weighted by molar-refractivity contribution is 5.82. The number of nitrogens with one attached hydrogen (secondary N) is 1. The molecule has 5 rings (SSSR count). The molecule has 1 amide bonds. The predicted octanol–water partition coefficient (Wildman–Crippen LogP) is 3.42. The third-order valence-corrected chi connectivity index (χ3v) is 5.89. The average Bonchev–Trinajstić information content (AvgIpc) is 3.19. The highest BCUT2D eigenvalue weighted by Gasteiger charge is 2.26. The van der Waals surface area contributed by atoms with Crippen LogP contribution in [0.25, 0.3) is 21.9 Å². The lowest BCUT2D eigenvalue weighted by molar-refractivity contribution is -0.132. The number of carbonyl (C=O) groups excluding carboxylic acids is 1. The van der Waals surface area contributed by atoms with Crippen LogP contribution in [-0.2, 0) is 11.3 Å². The Morgan fingerprint density at radius 1 is 1.13 bits per heavy atom. The molecule has 0 bridgehead atoms. The lowest BCUT2D eigenvalue weighted by Gasteiger charge is -2.31. The van der Waals surface area contributed by atoms with Gasteiger partial charge in [0.25, 0.3) is 0 Å². The molecule has 1 N–H and O–H groups in total. The van der Waals surface area contributed by atoms with Crippen molar-refractivity contribution < 1.29 is 9.18 Å². The molecule has 152 valence electrons. The molecule has 7 heteroatoms.